The van der Waals surface area contributed by atoms with Crippen LogP contribution in [0.4, 0.5) is 4.39 Å². The van der Waals surface area contributed by atoms with E-state index in [1.54, 1.807) is 37.4 Å². The number of ether oxygens (including phenoxy) is 4. The zero-order chi connectivity index (χ0) is 27.1. The first-order chi connectivity index (χ1) is 18.3. The summed E-state index contributed by atoms with van der Waals surface area (Å²) in [5.41, 5.74) is 2.11. The lowest BCUT2D eigenvalue weighted by atomic mass is 10.1. The number of carbonyl (C=O) groups is 2. The molecule has 0 fully saturated rings. The summed E-state index contributed by atoms with van der Waals surface area (Å²) in [5.74, 6) is -2.07. The molecule has 1 aromatic heterocycles. The Balaban J connectivity index is 1.59. The molecule has 0 bridgehead atoms. The summed E-state index contributed by atoms with van der Waals surface area (Å²) in [4.78, 5) is 26.7. The fourth-order valence-electron chi connectivity index (χ4n) is 3.68. The lowest BCUT2D eigenvalue weighted by Crippen LogP contribution is -2.17. The Hall–Kier alpha value is -4.63. The first-order valence-corrected chi connectivity index (χ1v) is 11.7. The van der Waals surface area contributed by atoms with Gasteiger partial charge in [0.1, 0.15) is 29.9 Å². The van der Waals surface area contributed by atoms with Gasteiger partial charge in [0.25, 0.3) is 0 Å². The van der Waals surface area contributed by atoms with E-state index in [2.05, 4.69) is 4.98 Å². The van der Waals surface area contributed by atoms with Gasteiger partial charge < -0.3 is 29.0 Å². The van der Waals surface area contributed by atoms with E-state index in [1.807, 2.05) is 37.3 Å². The average molecular weight is 520 g/mol. The van der Waals surface area contributed by atoms with Crippen molar-refractivity contribution < 1.29 is 38.0 Å². The fraction of sp³-hybridized carbons (Fsp3) is 0.172. The van der Waals surface area contributed by atoms with Gasteiger partial charge in [-0.15, -0.1) is 0 Å². The van der Waals surface area contributed by atoms with E-state index in [0.717, 1.165) is 11.6 Å². The van der Waals surface area contributed by atoms with Crippen molar-refractivity contribution in [2.45, 2.75) is 19.6 Å². The number of nitrogens with one attached hydrogen (secondary N) is 1. The zero-order valence-electron chi connectivity index (χ0n) is 20.8. The summed E-state index contributed by atoms with van der Waals surface area (Å²) in [6.07, 6.45) is -0.290. The minimum atomic E-state index is -1.25. The minimum absolute atomic E-state index is 0.138. The van der Waals surface area contributed by atoms with E-state index >= 15 is 0 Å². The largest absolute Gasteiger partial charge is 0.488 e. The summed E-state index contributed by atoms with van der Waals surface area (Å²) in [6, 6.07) is 21.0. The van der Waals surface area contributed by atoms with Gasteiger partial charge in [-0.25, -0.2) is 14.0 Å². The molecule has 0 aliphatic heterocycles. The number of aromatic carboxylic acids is 1. The third kappa shape index (κ3) is 6.77. The Morgan fingerprint density at radius 2 is 1.74 bits per heavy atom. The van der Waals surface area contributed by atoms with Crippen LogP contribution in [-0.2, 0) is 16.1 Å². The second-order valence-corrected chi connectivity index (χ2v) is 8.48. The highest BCUT2D eigenvalue weighted by molar-refractivity contribution is 5.89. The highest BCUT2D eigenvalue weighted by atomic mass is 19.1. The van der Waals surface area contributed by atoms with Crippen molar-refractivity contribution in [3.8, 4) is 28.5 Å². The van der Waals surface area contributed by atoms with Crippen LogP contribution in [0.3, 0.4) is 0 Å². The Kier molecular flexibility index (Phi) is 8.40. The standard InChI is InChI=1S/C29H26FNO7/c1-18(16-35-2)37-22-12-21(13-23(15-22)38-27-11-8-20(28(32)33)14-24(27)30)25-9-10-26(31-25)29(34)36-17-19-6-4-3-5-7-19/h3-15,18,31H,16-17H2,1-2H3,(H,32,33)/t18-/m0/s1. The predicted octanol–water partition coefficient (Wildman–Crippen LogP) is 6.08. The zero-order valence-corrected chi connectivity index (χ0v) is 20.8. The highest BCUT2D eigenvalue weighted by Crippen LogP contribution is 2.34. The molecular formula is C29H26FNO7. The molecule has 1 atom stereocenters. The fourth-order valence-corrected chi connectivity index (χ4v) is 3.68. The molecule has 38 heavy (non-hydrogen) atoms. The smallest absolute Gasteiger partial charge is 0.355 e. The van der Waals surface area contributed by atoms with Crippen LogP contribution < -0.4 is 9.47 Å². The van der Waals surface area contributed by atoms with Crippen LogP contribution in [0, 0.1) is 5.82 Å². The number of carbonyl (C=O) groups excluding carboxylic acids is 1. The number of benzene rings is 3. The van der Waals surface area contributed by atoms with Gasteiger partial charge in [0.2, 0.25) is 0 Å². The van der Waals surface area contributed by atoms with Crippen molar-refractivity contribution in [2.24, 2.45) is 0 Å². The number of aromatic nitrogens is 1. The number of halogens is 1. The molecule has 0 aliphatic carbocycles. The van der Waals surface area contributed by atoms with Gasteiger partial charge in [0.15, 0.2) is 11.6 Å². The second kappa shape index (κ2) is 12.1. The van der Waals surface area contributed by atoms with Crippen LogP contribution in [0.1, 0.15) is 33.3 Å². The minimum Gasteiger partial charge on any atom is -0.488 e. The Labute approximate surface area is 218 Å². The van der Waals surface area contributed by atoms with E-state index in [-0.39, 0.29) is 35.5 Å². The van der Waals surface area contributed by atoms with E-state index in [1.165, 1.54) is 12.1 Å². The van der Waals surface area contributed by atoms with Gasteiger partial charge in [-0.1, -0.05) is 30.3 Å². The number of hydrogen-bond acceptors (Lipinski definition) is 6. The number of carboxylic acids is 1. The van der Waals surface area contributed by atoms with Crippen molar-refractivity contribution >= 4 is 11.9 Å². The monoisotopic (exact) mass is 519 g/mol. The second-order valence-electron chi connectivity index (χ2n) is 8.48. The summed E-state index contributed by atoms with van der Waals surface area (Å²) < 4.78 is 36.7. The van der Waals surface area contributed by atoms with Crippen LogP contribution >= 0.6 is 0 Å². The van der Waals surface area contributed by atoms with Gasteiger partial charge in [0.05, 0.1) is 12.2 Å². The Bertz CT molecular complexity index is 1420. The number of H-pyrrole nitrogens is 1. The van der Waals surface area contributed by atoms with Crippen LogP contribution in [0.5, 0.6) is 17.2 Å². The molecule has 3 aromatic carbocycles. The number of rotatable bonds is 11. The number of esters is 1. The molecule has 4 aromatic rings. The van der Waals surface area contributed by atoms with Gasteiger partial charge >= 0.3 is 11.9 Å². The number of hydrogen-bond donors (Lipinski definition) is 2. The molecule has 2 N–H and O–H groups in total. The summed E-state index contributed by atoms with van der Waals surface area (Å²) in [5, 5.41) is 9.08. The maximum absolute atomic E-state index is 14.5. The summed E-state index contributed by atoms with van der Waals surface area (Å²) in [7, 11) is 1.56. The van der Waals surface area contributed by atoms with Gasteiger partial charge in [-0.3, -0.25) is 0 Å². The normalized spacial score (nSPS) is 11.6. The SMILES string of the molecule is COC[C@H](C)Oc1cc(Oc2ccc(C(=O)O)cc2F)cc(-c2ccc(C(=O)OCc3ccccc3)[nH]2)c1. The lowest BCUT2D eigenvalue weighted by molar-refractivity contribution is 0.0466. The molecule has 0 aliphatic rings. The quantitative estimate of drug-likeness (QED) is 0.231. The van der Waals surface area contributed by atoms with Crippen molar-refractivity contribution in [1.29, 1.82) is 0 Å². The summed E-state index contributed by atoms with van der Waals surface area (Å²) >= 11 is 0. The molecular weight excluding hydrogens is 493 g/mol. The Morgan fingerprint density at radius 1 is 0.974 bits per heavy atom. The molecule has 0 radical (unpaired) electrons. The molecule has 196 valence electrons. The molecule has 0 amide bonds. The van der Waals surface area contributed by atoms with Crippen LogP contribution in [0.25, 0.3) is 11.3 Å². The third-order valence-corrected chi connectivity index (χ3v) is 5.45. The van der Waals surface area contributed by atoms with Crippen LogP contribution in [-0.4, -0.2) is 41.8 Å². The third-order valence-electron chi connectivity index (χ3n) is 5.45. The Morgan fingerprint density at radius 3 is 2.45 bits per heavy atom. The maximum atomic E-state index is 14.5. The van der Waals surface area contributed by atoms with Crippen molar-refractivity contribution in [1.82, 2.24) is 4.98 Å². The van der Waals surface area contributed by atoms with E-state index in [9.17, 15) is 14.0 Å². The van der Waals surface area contributed by atoms with Crippen molar-refractivity contribution in [2.75, 3.05) is 13.7 Å². The lowest BCUT2D eigenvalue weighted by Gasteiger charge is -2.16. The topological polar surface area (TPSA) is 107 Å². The van der Waals surface area contributed by atoms with Crippen LogP contribution in [0.15, 0.2) is 78.9 Å². The molecule has 0 saturated heterocycles. The maximum Gasteiger partial charge on any atom is 0.355 e. The van der Waals surface area contributed by atoms with Crippen molar-refractivity contribution in [3.05, 3.63) is 102 Å². The predicted molar refractivity (Wildman–Crippen MR) is 137 cm³/mol. The first kappa shape index (κ1) is 26.4. The average Bonchev–Trinajstić information content (AvgIpc) is 3.40. The van der Waals surface area contributed by atoms with E-state index < -0.39 is 17.8 Å². The molecule has 8 nitrogen and oxygen atoms in total. The summed E-state index contributed by atoms with van der Waals surface area (Å²) in [6.45, 7) is 2.31. The van der Waals surface area contributed by atoms with Gasteiger partial charge in [-0.05, 0) is 55.0 Å². The first-order valence-electron chi connectivity index (χ1n) is 11.7. The highest BCUT2D eigenvalue weighted by Gasteiger charge is 2.16. The van der Waals surface area contributed by atoms with Gasteiger partial charge in [-0.2, -0.15) is 0 Å². The van der Waals surface area contributed by atoms with Gasteiger partial charge in [0, 0.05) is 24.4 Å². The molecule has 4 rings (SSSR count). The molecule has 1 heterocycles. The number of carboxylic acid groups (broad SMARTS) is 1. The van der Waals surface area contributed by atoms with Crippen molar-refractivity contribution in [3.63, 3.8) is 0 Å². The molecule has 9 heteroatoms. The van der Waals surface area contributed by atoms with Crippen LogP contribution in [0.2, 0.25) is 0 Å². The van der Waals surface area contributed by atoms with E-state index in [0.29, 0.717) is 23.6 Å². The number of methoxy groups -OCH3 is 1. The molecule has 0 saturated carbocycles. The van der Waals surface area contributed by atoms with E-state index in [4.69, 9.17) is 24.1 Å². The molecule has 0 unspecified atom stereocenters. The molecule has 0 spiro atoms. The number of aromatic amines is 1.